The zero-order chi connectivity index (χ0) is 21.7. The number of hydrogen-bond donors (Lipinski definition) is 0. The molecule has 9 heteroatoms. The molecule has 156 valence electrons. The minimum absolute atomic E-state index is 0.0592. The van der Waals surface area contributed by atoms with Gasteiger partial charge in [-0.15, -0.1) is 0 Å². The number of amides is 2. The van der Waals surface area contributed by atoms with Crippen molar-refractivity contribution in [2.45, 2.75) is 13.5 Å². The molecule has 1 aliphatic heterocycles. The molecule has 0 atom stereocenters. The molecule has 0 bridgehead atoms. The van der Waals surface area contributed by atoms with Crippen molar-refractivity contribution >= 4 is 46.6 Å². The van der Waals surface area contributed by atoms with Crippen LogP contribution in [0.5, 0.6) is 5.75 Å². The molecule has 1 aliphatic rings. The van der Waals surface area contributed by atoms with Gasteiger partial charge < -0.3 is 9.47 Å². The zero-order valence-corrected chi connectivity index (χ0v) is 17.5. The lowest BCUT2D eigenvalue weighted by Crippen LogP contribution is -2.27. The molecular weight excluding hydrogens is 433 g/mol. The van der Waals surface area contributed by atoms with E-state index in [4.69, 9.17) is 21.1 Å². The highest BCUT2D eigenvalue weighted by molar-refractivity contribution is 8.18. The van der Waals surface area contributed by atoms with E-state index >= 15 is 0 Å². The van der Waals surface area contributed by atoms with Gasteiger partial charge in [-0.3, -0.25) is 14.5 Å². The molecule has 0 N–H and O–H groups in total. The maximum atomic E-state index is 13.0. The fraction of sp³-hybridized carbons (Fsp3) is 0.190. The molecule has 30 heavy (non-hydrogen) atoms. The van der Waals surface area contributed by atoms with Gasteiger partial charge in [0.1, 0.15) is 11.6 Å². The number of hydrogen-bond acceptors (Lipinski definition) is 6. The minimum atomic E-state index is -0.507. The molecule has 6 nitrogen and oxygen atoms in total. The highest BCUT2D eigenvalue weighted by Gasteiger charge is 2.35. The van der Waals surface area contributed by atoms with E-state index in [1.165, 1.54) is 24.3 Å². The Morgan fingerprint density at radius 2 is 1.93 bits per heavy atom. The number of benzene rings is 2. The summed E-state index contributed by atoms with van der Waals surface area (Å²) >= 11 is 7.00. The van der Waals surface area contributed by atoms with E-state index in [1.807, 2.05) is 0 Å². The van der Waals surface area contributed by atoms with Gasteiger partial charge in [0.05, 0.1) is 23.1 Å². The smallest absolute Gasteiger partial charge is 0.344 e. The molecule has 1 heterocycles. The molecule has 2 aromatic rings. The summed E-state index contributed by atoms with van der Waals surface area (Å²) in [6.07, 6.45) is 1.55. The van der Waals surface area contributed by atoms with E-state index in [9.17, 15) is 18.8 Å². The average molecular weight is 450 g/mol. The summed E-state index contributed by atoms with van der Waals surface area (Å²) in [4.78, 5) is 37.6. The molecule has 0 aliphatic carbocycles. The van der Waals surface area contributed by atoms with Crippen molar-refractivity contribution in [3.05, 3.63) is 69.3 Å². The second-order valence-corrected chi connectivity index (χ2v) is 7.58. The Labute approximate surface area is 181 Å². The standard InChI is InChI=1S/C21H17ClFNO5S/c1-2-28-19(25)12-29-17-8-5-14(9-16(17)22)10-18-20(26)24(21(27)30-18)11-13-3-6-15(23)7-4-13/h3-10H,2,11-12H2,1H3/b18-10-. The second-order valence-electron chi connectivity index (χ2n) is 6.18. The van der Waals surface area contributed by atoms with Crippen LogP contribution in [0.2, 0.25) is 5.02 Å². The molecule has 0 radical (unpaired) electrons. The fourth-order valence-corrected chi connectivity index (χ4v) is 3.71. The summed E-state index contributed by atoms with van der Waals surface area (Å²) in [5, 5.41) is -0.158. The first kappa shape index (κ1) is 21.9. The molecule has 0 spiro atoms. The van der Waals surface area contributed by atoms with Crippen molar-refractivity contribution in [3.63, 3.8) is 0 Å². The van der Waals surface area contributed by atoms with Crippen LogP contribution in [-0.2, 0) is 20.9 Å². The fourth-order valence-electron chi connectivity index (χ4n) is 2.62. The van der Waals surface area contributed by atoms with Crippen LogP contribution in [0.1, 0.15) is 18.1 Å². The molecular formula is C21H17ClFNO5S. The largest absolute Gasteiger partial charge is 0.480 e. The van der Waals surface area contributed by atoms with Crippen molar-refractivity contribution in [1.29, 1.82) is 0 Å². The summed E-state index contributed by atoms with van der Waals surface area (Å²) in [6.45, 7) is 1.74. The van der Waals surface area contributed by atoms with Crippen LogP contribution < -0.4 is 4.74 Å². The number of imide groups is 1. The number of carbonyl (C=O) groups excluding carboxylic acids is 3. The monoisotopic (exact) mass is 449 g/mol. The first-order valence-corrected chi connectivity index (χ1v) is 10.1. The number of thioether (sulfide) groups is 1. The topological polar surface area (TPSA) is 72.9 Å². The van der Waals surface area contributed by atoms with Crippen LogP contribution in [0.15, 0.2) is 47.4 Å². The summed E-state index contributed by atoms with van der Waals surface area (Å²) < 4.78 is 23.1. The van der Waals surface area contributed by atoms with Gasteiger partial charge in [-0.05, 0) is 60.2 Å². The average Bonchev–Trinajstić information content (AvgIpc) is 2.96. The molecule has 0 aromatic heterocycles. The third kappa shape index (κ3) is 5.40. The van der Waals surface area contributed by atoms with Gasteiger partial charge >= 0.3 is 5.97 Å². The molecule has 0 saturated carbocycles. The van der Waals surface area contributed by atoms with Crippen LogP contribution >= 0.6 is 23.4 Å². The lowest BCUT2D eigenvalue weighted by molar-refractivity contribution is -0.145. The maximum absolute atomic E-state index is 13.0. The SMILES string of the molecule is CCOC(=O)COc1ccc(/C=C2\SC(=O)N(Cc3ccc(F)cc3)C2=O)cc1Cl. The minimum Gasteiger partial charge on any atom is -0.480 e. The first-order chi connectivity index (χ1) is 14.4. The Balaban J connectivity index is 1.69. The van der Waals surface area contributed by atoms with Crippen molar-refractivity contribution in [3.8, 4) is 5.75 Å². The highest BCUT2D eigenvalue weighted by Crippen LogP contribution is 2.34. The predicted molar refractivity (Wildman–Crippen MR) is 111 cm³/mol. The normalized spacial score (nSPS) is 15.0. The lowest BCUT2D eigenvalue weighted by atomic mass is 10.2. The van der Waals surface area contributed by atoms with E-state index in [-0.39, 0.29) is 35.5 Å². The van der Waals surface area contributed by atoms with Crippen molar-refractivity contribution in [1.82, 2.24) is 4.90 Å². The third-order valence-corrected chi connectivity index (χ3v) is 5.23. The maximum Gasteiger partial charge on any atom is 0.344 e. The Bertz CT molecular complexity index is 1010. The van der Waals surface area contributed by atoms with Gasteiger partial charge in [0.2, 0.25) is 0 Å². The van der Waals surface area contributed by atoms with Gasteiger partial charge in [0.25, 0.3) is 11.1 Å². The van der Waals surface area contributed by atoms with Gasteiger partial charge in [-0.2, -0.15) is 0 Å². The zero-order valence-electron chi connectivity index (χ0n) is 15.9. The Hall–Kier alpha value is -2.84. The number of nitrogens with zero attached hydrogens (tertiary/aromatic N) is 1. The van der Waals surface area contributed by atoms with Crippen LogP contribution in [-0.4, -0.2) is 35.2 Å². The van der Waals surface area contributed by atoms with Crippen LogP contribution in [0.4, 0.5) is 9.18 Å². The molecule has 0 unspecified atom stereocenters. The number of carbonyl (C=O) groups is 3. The number of esters is 1. The van der Waals surface area contributed by atoms with E-state index in [0.29, 0.717) is 16.9 Å². The van der Waals surface area contributed by atoms with Gasteiger partial charge in [0, 0.05) is 0 Å². The van der Waals surface area contributed by atoms with E-state index in [1.54, 1.807) is 31.2 Å². The van der Waals surface area contributed by atoms with Gasteiger partial charge in [-0.25, -0.2) is 9.18 Å². The highest BCUT2D eigenvalue weighted by atomic mass is 35.5. The summed E-state index contributed by atoms with van der Waals surface area (Å²) in [5.74, 6) is -1.04. The summed E-state index contributed by atoms with van der Waals surface area (Å²) in [5.41, 5.74) is 1.24. The molecule has 1 fully saturated rings. The molecule has 3 rings (SSSR count). The van der Waals surface area contributed by atoms with Gasteiger partial charge in [-0.1, -0.05) is 29.8 Å². The van der Waals surface area contributed by atoms with Gasteiger partial charge in [0.15, 0.2) is 6.61 Å². The predicted octanol–water partition coefficient (Wildman–Crippen LogP) is 4.66. The summed E-state index contributed by atoms with van der Waals surface area (Å²) in [7, 11) is 0. The molecule has 2 amide bonds. The number of halogens is 2. The van der Waals surface area contributed by atoms with Crippen molar-refractivity contribution < 1.29 is 28.2 Å². The third-order valence-electron chi connectivity index (χ3n) is 4.03. The Morgan fingerprint density at radius 3 is 2.60 bits per heavy atom. The molecule has 2 aromatic carbocycles. The van der Waals surface area contributed by atoms with Crippen LogP contribution in [0, 0.1) is 5.82 Å². The van der Waals surface area contributed by atoms with Crippen LogP contribution in [0.3, 0.4) is 0 Å². The summed E-state index contributed by atoms with van der Waals surface area (Å²) in [6, 6.07) is 10.4. The number of rotatable bonds is 7. The number of ether oxygens (including phenoxy) is 2. The van der Waals surface area contributed by atoms with Crippen molar-refractivity contribution in [2.75, 3.05) is 13.2 Å². The Kier molecular flexibility index (Phi) is 7.12. The van der Waals surface area contributed by atoms with E-state index in [2.05, 4.69) is 0 Å². The Morgan fingerprint density at radius 1 is 1.20 bits per heavy atom. The van der Waals surface area contributed by atoms with Crippen LogP contribution in [0.25, 0.3) is 6.08 Å². The quantitative estimate of drug-likeness (QED) is 0.452. The van der Waals surface area contributed by atoms with E-state index in [0.717, 1.165) is 16.7 Å². The molecule has 1 saturated heterocycles. The lowest BCUT2D eigenvalue weighted by Gasteiger charge is -2.12. The second kappa shape index (κ2) is 9.77. The first-order valence-electron chi connectivity index (χ1n) is 8.95. The van der Waals surface area contributed by atoms with Crippen molar-refractivity contribution in [2.24, 2.45) is 0 Å². The van der Waals surface area contributed by atoms with E-state index < -0.39 is 17.1 Å².